The Bertz CT molecular complexity index is 1190. The highest BCUT2D eigenvalue weighted by Gasteiger charge is 2.26. The number of imidazole rings is 1. The van der Waals surface area contributed by atoms with Gasteiger partial charge in [0.1, 0.15) is 11.8 Å². The average molecular weight is 454 g/mol. The maximum atomic E-state index is 12.8. The lowest BCUT2D eigenvalue weighted by Crippen LogP contribution is -2.27. The van der Waals surface area contributed by atoms with Crippen LogP contribution in [0.5, 0.6) is 5.75 Å². The number of nitrogens with zero attached hydrogens (tertiary/aromatic N) is 3. The van der Waals surface area contributed by atoms with Crippen molar-refractivity contribution in [2.75, 3.05) is 25.6 Å². The van der Waals surface area contributed by atoms with E-state index in [4.69, 9.17) is 14.5 Å². The second-order valence-electron chi connectivity index (χ2n) is 8.83. The molecule has 2 aromatic heterocycles. The molecule has 0 spiro atoms. The fourth-order valence-corrected chi connectivity index (χ4v) is 4.12. The van der Waals surface area contributed by atoms with E-state index in [0.717, 1.165) is 23.9 Å². The highest BCUT2D eigenvalue weighted by molar-refractivity contribution is 6.00. The predicted octanol–water partition coefficient (Wildman–Crippen LogP) is 3.09. The van der Waals surface area contributed by atoms with Gasteiger partial charge in [-0.2, -0.15) is 0 Å². The second-order valence-corrected chi connectivity index (χ2v) is 8.83. The number of methoxy groups -OCH3 is 1. The van der Waals surface area contributed by atoms with Crippen molar-refractivity contribution in [3.63, 3.8) is 0 Å². The molecule has 176 valence electrons. The Labute approximate surface area is 193 Å². The normalized spacial score (nSPS) is 15.9. The predicted molar refractivity (Wildman–Crippen MR) is 126 cm³/mol. The van der Waals surface area contributed by atoms with Crippen LogP contribution < -0.4 is 15.4 Å². The fraction of sp³-hybridized carbons (Fsp3) is 0.458. The lowest BCUT2D eigenvalue weighted by molar-refractivity contribution is -0.124. The molecule has 1 aromatic carbocycles. The summed E-state index contributed by atoms with van der Waals surface area (Å²) < 4.78 is 14.9. The number of benzene rings is 1. The van der Waals surface area contributed by atoms with Crippen molar-refractivity contribution in [3.8, 4) is 17.3 Å². The molecule has 3 heterocycles. The van der Waals surface area contributed by atoms with Crippen molar-refractivity contribution in [1.29, 1.82) is 0 Å². The van der Waals surface area contributed by atoms with Crippen molar-refractivity contribution in [1.82, 2.24) is 19.4 Å². The summed E-state index contributed by atoms with van der Waals surface area (Å²) >= 11 is 0. The van der Waals surface area contributed by atoms with Crippen LogP contribution in [0.4, 0.5) is 5.69 Å². The van der Waals surface area contributed by atoms with Crippen LogP contribution in [0.2, 0.25) is 0 Å². The van der Waals surface area contributed by atoms with Crippen LogP contribution in [-0.4, -0.2) is 52.3 Å². The SMILES string of the molecule is COc1c(C(=O)NCC(C)C)cn(C)c1-c1nc2cc(NC(=O)C3CCCO3)ccc2n1C. The van der Waals surface area contributed by atoms with Gasteiger partial charge in [0.05, 0.1) is 23.7 Å². The Balaban J connectivity index is 1.67. The van der Waals surface area contributed by atoms with Crippen molar-refractivity contribution in [2.24, 2.45) is 20.0 Å². The molecule has 1 unspecified atom stereocenters. The number of aromatic nitrogens is 3. The summed E-state index contributed by atoms with van der Waals surface area (Å²) in [5, 5.41) is 5.87. The van der Waals surface area contributed by atoms with Gasteiger partial charge in [-0.05, 0) is 37.0 Å². The van der Waals surface area contributed by atoms with Crippen molar-refractivity contribution < 1.29 is 19.1 Å². The number of fused-ring (bicyclic) bond motifs is 1. The van der Waals surface area contributed by atoms with Gasteiger partial charge in [0.25, 0.3) is 11.8 Å². The largest absolute Gasteiger partial charge is 0.494 e. The summed E-state index contributed by atoms with van der Waals surface area (Å²) in [6, 6.07) is 5.62. The van der Waals surface area contributed by atoms with E-state index in [9.17, 15) is 9.59 Å². The van der Waals surface area contributed by atoms with Crippen LogP contribution >= 0.6 is 0 Å². The molecule has 2 amide bonds. The number of hydrogen-bond acceptors (Lipinski definition) is 5. The van der Waals surface area contributed by atoms with Crippen LogP contribution in [0.15, 0.2) is 24.4 Å². The number of amides is 2. The third-order valence-corrected chi connectivity index (χ3v) is 5.84. The molecular formula is C24H31N5O4. The van der Waals surface area contributed by atoms with Gasteiger partial charge in [0, 0.05) is 39.1 Å². The third kappa shape index (κ3) is 4.45. The van der Waals surface area contributed by atoms with Crippen LogP contribution in [0.1, 0.15) is 37.0 Å². The quantitative estimate of drug-likeness (QED) is 0.573. The van der Waals surface area contributed by atoms with E-state index in [-0.39, 0.29) is 11.8 Å². The summed E-state index contributed by atoms with van der Waals surface area (Å²) in [4.78, 5) is 30.0. The molecule has 1 atom stereocenters. The zero-order valence-corrected chi connectivity index (χ0v) is 19.8. The van der Waals surface area contributed by atoms with Gasteiger partial charge >= 0.3 is 0 Å². The monoisotopic (exact) mass is 453 g/mol. The summed E-state index contributed by atoms with van der Waals surface area (Å²) in [6.07, 6.45) is 3.00. The van der Waals surface area contributed by atoms with E-state index in [0.29, 0.717) is 47.6 Å². The Morgan fingerprint density at radius 2 is 2.09 bits per heavy atom. The molecule has 1 saturated heterocycles. The van der Waals surface area contributed by atoms with E-state index in [1.807, 2.05) is 55.3 Å². The molecule has 4 rings (SSSR count). The molecular weight excluding hydrogens is 422 g/mol. The number of carbonyl (C=O) groups is 2. The number of rotatable bonds is 7. The number of ether oxygens (including phenoxy) is 2. The van der Waals surface area contributed by atoms with Gasteiger partial charge in [-0.3, -0.25) is 9.59 Å². The molecule has 9 nitrogen and oxygen atoms in total. The van der Waals surface area contributed by atoms with Crippen LogP contribution in [0.3, 0.4) is 0 Å². The number of nitrogens with one attached hydrogen (secondary N) is 2. The molecule has 1 aliphatic rings. The molecule has 0 bridgehead atoms. The Hall–Kier alpha value is -3.33. The molecule has 9 heteroatoms. The fourth-order valence-electron chi connectivity index (χ4n) is 4.12. The number of aryl methyl sites for hydroxylation is 2. The van der Waals surface area contributed by atoms with Gasteiger partial charge in [-0.25, -0.2) is 4.98 Å². The van der Waals surface area contributed by atoms with E-state index in [1.165, 1.54) is 0 Å². The summed E-state index contributed by atoms with van der Waals surface area (Å²) in [6.45, 7) is 5.30. The van der Waals surface area contributed by atoms with Crippen LogP contribution in [-0.2, 0) is 23.6 Å². The number of hydrogen-bond donors (Lipinski definition) is 2. The Morgan fingerprint density at radius 3 is 2.76 bits per heavy atom. The average Bonchev–Trinajstić information content (AvgIpc) is 3.50. The van der Waals surface area contributed by atoms with E-state index in [2.05, 4.69) is 10.6 Å². The van der Waals surface area contributed by atoms with Crippen molar-refractivity contribution in [3.05, 3.63) is 30.0 Å². The van der Waals surface area contributed by atoms with Gasteiger partial charge in [-0.15, -0.1) is 0 Å². The molecule has 0 aliphatic carbocycles. The molecule has 1 aliphatic heterocycles. The van der Waals surface area contributed by atoms with Crippen molar-refractivity contribution in [2.45, 2.75) is 32.8 Å². The minimum Gasteiger partial charge on any atom is -0.494 e. The molecule has 2 N–H and O–H groups in total. The zero-order valence-electron chi connectivity index (χ0n) is 19.8. The van der Waals surface area contributed by atoms with Crippen molar-refractivity contribution >= 4 is 28.5 Å². The molecule has 0 radical (unpaired) electrons. The molecule has 1 fully saturated rings. The minimum absolute atomic E-state index is 0.135. The van der Waals surface area contributed by atoms with E-state index >= 15 is 0 Å². The highest BCUT2D eigenvalue weighted by atomic mass is 16.5. The summed E-state index contributed by atoms with van der Waals surface area (Å²) in [5.74, 6) is 1.17. The van der Waals surface area contributed by atoms with Gasteiger partial charge < -0.3 is 29.2 Å². The van der Waals surface area contributed by atoms with E-state index in [1.54, 1.807) is 13.3 Å². The lowest BCUT2D eigenvalue weighted by atomic mass is 10.2. The number of anilines is 1. The zero-order chi connectivity index (χ0) is 23.7. The Morgan fingerprint density at radius 1 is 1.30 bits per heavy atom. The first-order valence-corrected chi connectivity index (χ1v) is 11.2. The maximum absolute atomic E-state index is 12.8. The molecule has 3 aromatic rings. The molecule has 33 heavy (non-hydrogen) atoms. The summed E-state index contributed by atoms with van der Waals surface area (Å²) in [5.41, 5.74) is 3.46. The third-order valence-electron chi connectivity index (χ3n) is 5.84. The second kappa shape index (κ2) is 9.27. The highest BCUT2D eigenvalue weighted by Crippen LogP contribution is 2.36. The van der Waals surface area contributed by atoms with Gasteiger partial charge in [0.2, 0.25) is 0 Å². The van der Waals surface area contributed by atoms with Gasteiger partial charge in [0.15, 0.2) is 11.6 Å². The first kappa shape index (κ1) is 22.8. The van der Waals surface area contributed by atoms with E-state index < -0.39 is 6.10 Å². The van der Waals surface area contributed by atoms with Crippen LogP contribution in [0, 0.1) is 5.92 Å². The Kier molecular flexibility index (Phi) is 6.42. The lowest BCUT2D eigenvalue weighted by Gasteiger charge is -2.10. The first-order valence-electron chi connectivity index (χ1n) is 11.2. The smallest absolute Gasteiger partial charge is 0.256 e. The number of carbonyl (C=O) groups excluding carboxylic acids is 2. The topological polar surface area (TPSA) is 99.4 Å². The molecule has 0 saturated carbocycles. The summed E-state index contributed by atoms with van der Waals surface area (Å²) in [7, 11) is 5.34. The van der Waals surface area contributed by atoms with Gasteiger partial charge in [-0.1, -0.05) is 13.8 Å². The maximum Gasteiger partial charge on any atom is 0.256 e. The van der Waals surface area contributed by atoms with Crippen LogP contribution in [0.25, 0.3) is 22.6 Å². The minimum atomic E-state index is -0.395. The first-order chi connectivity index (χ1) is 15.8. The standard InChI is InChI=1S/C24H31N5O4/c1-14(2)12-25-23(30)16-13-28(3)20(21(16)32-5)22-27-17-11-15(8-9-18(17)29(22)4)26-24(31)19-7-6-10-33-19/h8-9,11,13-14,19H,6-7,10,12H2,1-5H3,(H,25,30)(H,26,31).